The van der Waals surface area contributed by atoms with E-state index in [0.717, 1.165) is 11.5 Å². The van der Waals surface area contributed by atoms with Crippen molar-refractivity contribution in [2.75, 3.05) is 0 Å². The summed E-state index contributed by atoms with van der Waals surface area (Å²) < 4.78 is 4.79. The molecule has 48 valence electrons. The summed E-state index contributed by atoms with van der Waals surface area (Å²) in [7, 11) is 0. The molecule has 1 heterocycles. The summed E-state index contributed by atoms with van der Waals surface area (Å²) in [5.41, 5.74) is 0. The van der Waals surface area contributed by atoms with E-state index in [9.17, 15) is 0 Å². The highest BCUT2D eigenvalue weighted by Gasteiger charge is 1.92. The van der Waals surface area contributed by atoms with Crippen molar-refractivity contribution >= 4 is 17.7 Å². The third-order valence-corrected chi connectivity index (χ3v) is 1.78. The predicted octanol–water partition coefficient (Wildman–Crippen LogP) is 2.04. The van der Waals surface area contributed by atoms with Crippen LogP contribution in [0.4, 0.5) is 0 Å². The van der Waals surface area contributed by atoms with E-state index in [-0.39, 0.29) is 0 Å². The number of hydrogen-bond donors (Lipinski definition) is 1. The van der Waals surface area contributed by atoms with Crippen molar-refractivity contribution in [3.63, 3.8) is 0 Å². The van der Waals surface area contributed by atoms with Crippen molar-refractivity contribution in [1.82, 2.24) is 0 Å². The van der Waals surface area contributed by atoms with Gasteiger partial charge in [-0.2, -0.15) is 0 Å². The van der Waals surface area contributed by atoms with Crippen molar-refractivity contribution in [3.8, 4) is 5.06 Å². The highest BCUT2D eigenvalue weighted by molar-refractivity contribution is 7.13. The van der Waals surface area contributed by atoms with Gasteiger partial charge in [-0.15, -0.1) is 11.3 Å². The van der Waals surface area contributed by atoms with Crippen LogP contribution in [0.5, 0.6) is 5.06 Å². The molecule has 2 nitrogen and oxygen atoms in total. The van der Waals surface area contributed by atoms with Crippen LogP contribution in [-0.2, 0) is 0 Å². The Labute approximate surface area is 57.6 Å². The number of ether oxygens (including phenoxy) is 1. The third kappa shape index (κ3) is 1.54. The molecule has 0 fully saturated rings. The molecule has 1 N–H and O–H groups in total. The number of nitrogens with one attached hydrogen (secondary N) is 1. The molecule has 1 aromatic heterocycles. The van der Waals surface area contributed by atoms with Gasteiger partial charge in [0.05, 0.1) is 0 Å². The van der Waals surface area contributed by atoms with Gasteiger partial charge in [0.25, 0.3) is 0 Å². The van der Waals surface area contributed by atoms with Crippen molar-refractivity contribution in [3.05, 3.63) is 17.0 Å². The van der Waals surface area contributed by atoms with Gasteiger partial charge in [-0.3, -0.25) is 5.41 Å². The van der Waals surface area contributed by atoms with Crippen LogP contribution >= 0.6 is 11.3 Å². The fraction of sp³-hybridized carbons (Fsp3) is 0.167. The van der Waals surface area contributed by atoms with E-state index >= 15 is 0 Å². The van der Waals surface area contributed by atoms with E-state index in [1.165, 1.54) is 16.2 Å². The van der Waals surface area contributed by atoms with Crippen LogP contribution in [0.3, 0.4) is 0 Å². The van der Waals surface area contributed by atoms with Crippen LogP contribution in [0.15, 0.2) is 12.1 Å². The molecule has 3 heteroatoms. The zero-order chi connectivity index (χ0) is 6.69. The van der Waals surface area contributed by atoms with Gasteiger partial charge in [-0.05, 0) is 19.1 Å². The molecule has 0 aliphatic heterocycles. The SMILES string of the molecule is Cc1ccc(OC=N)s1. The van der Waals surface area contributed by atoms with Gasteiger partial charge in [0, 0.05) is 4.88 Å². The van der Waals surface area contributed by atoms with Crippen LogP contribution in [0.1, 0.15) is 4.88 Å². The second-order valence-corrected chi connectivity index (χ2v) is 2.85. The quantitative estimate of drug-likeness (QED) is 0.496. The van der Waals surface area contributed by atoms with E-state index in [0.29, 0.717) is 0 Å². The minimum atomic E-state index is 0.780. The number of rotatable bonds is 2. The maximum Gasteiger partial charge on any atom is 0.182 e. The van der Waals surface area contributed by atoms with Crippen LogP contribution in [0.25, 0.3) is 0 Å². The monoisotopic (exact) mass is 141 g/mol. The maximum absolute atomic E-state index is 6.61. The van der Waals surface area contributed by atoms with Crippen molar-refractivity contribution in [1.29, 1.82) is 5.41 Å². The van der Waals surface area contributed by atoms with Crippen LogP contribution < -0.4 is 4.74 Å². The Morgan fingerprint density at radius 1 is 1.67 bits per heavy atom. The Morgan fingerprint density at radius 3 is 2.89 bits per heavy atom. The minimum Gasteiger partial charge on any atom is -0.436 e. The van der Waals surface area contributed by atoms with Gasteiger partial charge in [0.2, 0.25) is 0 Å². The zero-order valence-corrected chi connectivity index (χ0v) is 5.87. The summed E-state index contributed by atoms with van der Waals surface area (Å²) in [4.78, 5) is 1.20. The van der Waals surface area contributed by atoms with Crippen molar-refractivity contribution < 1.29 is 4.74 Å². The highest BCUT2D eigenvalue weighted by atomic mass is 32.1. The van der Waals surface area contributed by atoms with Gasteiger partial charge in [0.15, 0.2) is 11.5 Å². The molecule has 0 saturated heterocycles. The molecule has 9 heavy (non-hydrogen) atoms. The first-order chi connectivity index (χ1) is 4.33. The lowest BCUT2D eigenvalue weighted by Crippen LogP contribution is -1.81. The van der Waals surface area contributed by atoms with E-state index in [2.05, 4.69) is 0 Å². The summed E-state index contributed by atoms with van der Waals surface area (Å²) >= 11 is 1.54. The van der Waals surface area contributed by atoms with Crippen LogP contribution in [0, 0.1) is 12.3 Å². The van der Waals surface area contributed by atoms with Crippen LogP contribution in [-0.4, -0.2) is 6.40 Å². The highest BCUT2D eigenvalue weighted by Crippen LogP contribution is 2.22. The van der Waals surface area contributed by atoms with E-state index in [4.69, 9.17) is 10.1 Å². The van der Waals surface area contributed by atoms with Gasteiger partial charge < -0.3 is 4.74 Å². The molecule has 0 aliphatic carbocycles. The van der Waals surface area contributed by atoms with E-state index in [1.54, 1.807) is 0 Å². The average molecular weight is 141 g/mol. The molecule has 0 spiro atoms. The molecular formula is C6H7NOS. The first-order valence-electron chi connectivity index (χ1n) is 2.55. The summed E-state index contributed by atoms with van der Waals surface area (Å²) in [6, 6.07) is 3.81. The lowest BCUT2D eigenvalue weighted by atomic mass is 10.5. The molecule has 0 atom stereocenters. The van der Waals surface area contributed by atoms with Gasteiger partial charge in [-0.25, -0.2) is 0 Å². The second-order valence-electron chi connectivity index (χ2n) is 1.60. The molecule has 0 bridgehead atoms. The molecule has 0 aliphatic rings. The van der Waals surface area contributed by atoms with Crippen LogP contribution in [0.2, 0.25) is 0 Å². The Kier molecular flexibility index (Phi) is 1.85. The first-order valence-corrected chi connectivity index (χ1v) is 3.36. The maximum atomic E-state index is 6.61. The Hall–Kier alpha value is -0.830. The summed E-state index contributed by atoms with van der Waals surface area (Å²) in [6.07, 6.45) is 0.936. The van der Waals surface area contributed by atoms with E-state index in [1.807, 2.05) is 19.1 Å². The predicted molar refractivity (Wildman–Crippen MR) is 38.5 cm³/mol. The third-order valence-electron chi connectivity index (χ3n) is 0.891. The molecule has 0 aromatic carbocycles. The Bertz CT molecular complexity index is 207. The molecular weight excluding hydrogens is 134 g/mol. The number of thiophene rings is 1. The Morgan fingerprint density at radius 2 is 2.44 bits per heavy atom. The molecule has 1 rings (SSSR count). The topological polar surface area (TPSA) is 33.1 Å². The first kappa shape index (κ1) is 6.29. The average Bonchev–Trinajstić information content (AvgIpc) is 2.17. The van der Waals surface area contributed by atoms with Gasteiger partial charge in [0.1, 0.15) is 0 Å². The number of hydrogen-bond acceptors (Lipinski definition) is 3. The minimum absolute atomic E-state index is 0.780. The summed E-state index contributed by atoms with van der Waals surface area (Å²) in [5, 5.41) is 7.39. The Balaban J connectivity index is 2.72. The fourth-order valence-electron chi connectivity index (χ4n) is 0.534. The van der Waals surface area contributed by atoms with Gasteiger partial charge in [-0.1, -0.05) is 0 Å². The van der Waals surface area contributed by atoms with Crippen molar-refractivity contribution in [2.24, 2.45) is 0 Å². The lowest BCUT2D eigenvalue weighted by Gasteiger charge is -1.87. The zero-order valence-electron chi connectivity index (χ0n) is 5.05. The molecule has 0 saturated carbocycles. The standard InChI is InChI=1S/C6H7NOS/c1-5-2-3-6(9-5)8-4-7/h2-4,7H,1H3. The summed E-state index contributed by atoms with van der Waals surface area (Å²) in [6.45, 7) is 2.00. The largest absolute Gasteiger partial charge is 0.436 e. The van der Waals surface area contributed by atoms with Crippen molar-refractivity contribution in [2.45, 2.75) is 6.92 Å². The normalized spacial score (nSPS) is 9.00. The smallest absolute Gasteiger partial charge is 0.182 e. The lowest BCUT2D eigenvalue weighted by molar-refractivity contribution is 0.586. The molecule has 0 amide bonds. The van der Waals surface area contributed by atoms with Gasteiger partial charge >= 0.3 is 0 Å². The molecule has 1 aromatic rings. The second kappa shape index (κ2) is 2.64. The molecule has 0 unspecified atom stereocenters. The number of aryl methyl sites for hydroxylation is 1. The van der Waals surface area contributed by atoms with E-state index < -0.39 is 0 Å². The molecule has 0 radical (unpaired) electrons. The summed E-state index contributed by atoms with van der Waals surface area (Å²) in [5.74, 6) is 0. The fourth-order valence-corrected chi connectivity index (χ4v) is 1.22.